The molecule has 3 nitrogen and oxygen atoms in total. The molecular formula is C14H15BO3. The highest BCUT2D eigenvalue weighted by molar-refractivity contribution is 6.58. The van der Waals surface area contributed by atoms with E-state index in [9.17, 15) is 0 Å². The minimum absolute atomic E-state index is 0.292. The predicted molar refractivity (Wildman–Crippen MR) is 74.5 cm³/mol. The van der Waals surface area contributed by atoms with Crippen molar-refractivity contribution < 1.29 is 15.2 Å². The quantitative estimate of drug-likeness (QED) is 0.697. The molecule has 0 aliphatic rings. The van der Waals surface area contributed by atoms with Gasteiger partial charge in [-0.05, 0) is 23.2 Å². The normalized spacial score (nSPS) is 9.00. The van der Waals surface area contributed by atoms with E-state index < -0.39 is 7.12 Å². The monoisotopic (exact) mass is 242 g/mol. The van der Waals surface area contributed by atoms with Gasteiger partial charge in [-0.3, -0.25) is 0 Å². The molecule has 0 unspecified atom stereocenters. The average Bonchev–Trinajstić information content (AvgIpc) is 2.41. The third kappa shape index (κ3) is 4.87. The van der Waals surface area contributed by atoms with Crippen LogP contribution in [-0.2, 0) is 0 Å². The van der Waals surface area contributed by atoms with Crippen LogP contribution in [0.5, 0.6) is 5.75 Å². The molecule has 0 bridgehead atoms. The summed E-state index contributed by atoms with van der Waals surface area (Å²) in [5.74, 6) is 0.292. The second-order valence-electron chi connectivity index (χ2n) is 3.58. The molecule has 4 heteroatoms. The van der Waals surface area contributed by atoms with Crippen LogP contribution >= 0.6 is 0 Å². The third-order valence-electron chi connectivity index (χ3n) is 2.23. The number of hydrogen-bond donors (Lipinski definition) is 3. The van der Waals surface area contributed by atoms with Crippen molar-refractivity contribution in [1.29, 1.82) is 0 Å². The summed E-state index contributed by atoms with van der Waals surface area (Å²) in [5, 5.41) is 26.0. The van der Waals surface area contributed by atoms with Gasteiger partial charge in [0.15, 0.2) is 0 Å². The van der Waals surface area contributed by atoms with E-state index in [1.165, 1.54) is 0 Å². The first-order valence-electron chi connectivity index (χ1n) is 5.46. The Bertz CT molecular complexity index is 466. The van der Waals surface area contributed by atoms with Gasteiger partial charge in [-0.1, -0.05) is 55.1 Å². The second kappa shape index (κ2) is 7.32. The lowest BCUT2D eigenvalue weighted by Crippen LogP contribution is -2.29. The van der Waals surface area contributed by atoms with E-state index in [0.29, 0.717) is 11.2 Å². The molecule has 2 rings (SSSR count). The van der Waals surface area contributed by atoms with Crippen molar-refractivity contribution in [1.82, 2.24) is 0 Å². The van der Waals surface area contributed by atoms with Gasteiger partial charge in [-0.2, -0.15) is 0 Å². The van der Waals surface area contributed by atoms with Crippen LogP contribution in [0, 0.1) is 0 Å². The van der Waals surface area contributed by atoms with Crippen LogP contribution in [0.15, 0.2) is 61.2 Å². The smallest absolute Gasteiger partial charge is 0.488 e. The van der Waals surface area contributed by atoms with Gasteiger partial charge < -0.3 is 15.2 Å². The number of rotatable bonds is 2. The maximum Gasteiger partial charge on any atom is 0.488 e. The molecule has 0 aromatic heterocycles. The zero-order valence-electron chi connectivity index (χ0n) is 9.90. The van der Waals surface area contributed by atoms with Gasteiger partial charge in [0.05, 0.1) is 0 Å². The van der Waals surface area contributed by atoms with Gasteiger partial charge in [-0.15, -0.1) is 0 Å². The molecule has 0 saturated heterocycles. The van der Waals surface area contributed by atoms with E-state index in [0.717, 1.165) is 5.56 Å². The highest BCUT2D eigenvalue weighted by Crippen LogP contribution is 2.09. The molecule has 0 aliphatic carbocycles. The van der Waals surface area contributed by atoms with Crippen molar-refractivity contribution in [2.75, 3.05) is 0 Å². The summed E-state index contributed by atoms with van der Waals surface area (Å²) in [6.45, 7) is 3.58. The average molecular weight is 242 g/mol. The Morgan fingerprint density at radius 1 is 0.889 bits per heavy atom. The van der Waals surface area contributed by atoms with Crippen LogP contribution in [-0.4, -0.2) is 22.3 Å². The molecule has 3 N–H and O–H groups in total. The Morgan fingerprint density at radius 3 is 1.83 bits per heavy atom. The minimum atomic E-state index is -1.34. The largest absolute Gasteiger partial charge is 0.508 e. The fraction of sp³-hybridized carbons (Fsp3) is 0. The third-order valence-corrected chi connectivity index (χ3v) is 2.23. The number of aromatic hydroxyl groups is 1. The summed E-state index contributed by atoms with van der Waals surface area (Å²) in [6, 6.07) is 15.5. The summed E-state index contributed by atoms with van der Waals surface area (Å²) in [4.78, 5) is 0. The fourth-order valence-corrected chi connectivity index (χ4v) is 1.24. The van der Waals surface area contributed by atoms with Crippen LogP contribution in [0.25, 0.3) is 6.08 Å². The first kappa shape index (κ1) is 14.0. The molecule has 0 radical (unpaired) electrons. The van der Waals surface area contributed by atoms with Gasteiger partial charge >= 0.3 is 7.12 Å². The van der Waals surface area contributed by atoms with E-state index in [2.05, 4.69) is 6.58 Å². The molecule has 0 heterocycles. The van der Waals surface area contributed by atoms with Gasteiger partial charge in [0.1, 0.15) is 5.75 Å². The number of phenolic OH excluding ortho intramolecular Hbond substituents is 1. The maximum absolute atomic E-state index is 8.82. The Balaban J connectivity index is 0.000000180. The van der Waals surface area contributed by atoms with E-state index in [-0.39, 0.29) is 0 Å². The molecule has 18 heavy (non-hydrogen) atoms. The molecule has 0 spiro atoms. The van der Waals surface area contributed by atoms with Crippen LogP contribution < -0.4 is 5.46 Å². The molecule has 92 valence electrons. The molecule has 0 amide bonds. The van der Waals surface area contributed by atoms with Crippen molar-refractivity contribution in [2.45, 2.75) is 0 Å². The van der Waals surface area contributed by atoms with Crippen molar-refractivity contribution in [2.24, 2.45) is 0 Å². The molecule has 0 atom stereocenters. The zero-order chi connectivity index (χ0) is 13.4. The lowest BCUT2D eigenvalue weighted by Gasteiger charge is -1.94. The molecular weight excluding hydrogens is 227 g/mol. The number of benzene rings is 2. The summed E-state index contributed by atoms with van der Waals surface area (Å²) < 4.78 is 0. The minimum Gasteiger partial charge on any atom is -0.508 e. The zero-order valence-corrected chi connectivity index (χ0v) is 9.90. The Morgan fingerprint density at radius 2 is 1.44 bits per heavy atom. The van der Waals surface area contributed by atoms with Crippen molar-refractivity contribution >= 4 is 18.7 Å². The van der Waals surface area contributed by atoms with Crippen LogP contribution in [0.1, 0.15) is 5.56 Å². The van der Waals surface area contributed by atoms with Crippen LogP contribution in [0.3, 0.4) is 0 Å². The number of phenols is 1. The van der Waals surface area contributed by atoms with Crippen LogP contribution in [0.4, 0.5) is 0 Å². The summed E-state index contributed by atoms with van der Waals surface area (Å²) >= 11 is 0. The highest BCUT2D eigenvalue weighted by atomic mass is 16.4. The van der Waals surface area contributed by atoms with Crippen LogP contribution in [0.2, 0.25) is 0 Å². The summed E-state index contributed by atoms with van der Waals surface area (Å²) in [6.07, 6.45) is 1.74. The van der Waals surface area contributed by atoms with E-state index in [1.54, 1.807) is 42.5 Å². The summed E-state index contributed by atoms with van der Waals surface area (Å²) in [7, 11) is -1.34. The molecule has 0 aliphatic heterocycles. The maximum atomic E-state index is 8.82. The van der Waals surface area contributed by atoms with E-state index in [1.807, 2.05) is 18.2 Å². The summed E-state index contributed by atoms with van der Waals surface area (Å²) in [5.41, 5.74) is 1.55. The Labute approximate surface area is 107 Å². The second-order valence-corrected chi connectivity index (χ2v) is 3.58. The van der Waals surface area contributed by atoms with Crippen molar-refractivity contribution in [3.05, 3.63) is 66.7 Å². The van der Waals surface area contributed by atoms with Crippen molar-refractivity contribution in [3.8, 4) is 5.75 Å². The SMILES string of the molecule is C=Cc1ccc(O)cc1.OB(O)c1ccccc1. The lowest BCUT2D eigenvalue weighted by atomic mass is 9.81. The first-order chi connectivity index (χ1) is 8.63. The molecule has 0 fully saturated rings. The standard InChI is InChI=1S/C8H8O.C6H7BO2/c1-2-7-3-5-8(9)6-4-7;8-7(9)6-4-2-1-3-5-6/h2-6,9H,1H2;1-5,8-9H. The van der Waals surface area contributed by atoms with Gasteiger partial charge in [0, 0.05) is 0 Å². The number of hydrogen-bond acceptors (Lipinski definition) is 3. The Hall–Kier alpha value is -2.04. The van der Waals surface area contributed by atoms with E-state index in [4.69, 9.17) is 15.2 Å². The van der Waals surface area contributed by atoms with Crippen molar-refractivity contribution in [3.63, 3.8) is 0 Å². The fourth-order valence-electron chi connectivity index (χ4n) is 1.24. The topological polar surface area (TPSA) is 60.7 Å². The highest BCUT2D eigenvalue weighted by Gasteiger charge is 2.07. The molecule has 2 aromatic rings. The van der Waals surface area contributed by atoms with Gasteiger partial charge in [0.2, 0.25) is 0 Å². The van der Waals surface area contributed by atoms with Gasteiger partial charge in [-0.25, -0.2) is 0 Å². The molecule has 0 saturated carbocycles. The van der Waals surface area contributed by atoms with E-state index >= 15 is 0 Å². The molecule has 2 aromatic carbocycles. The first-order valence-corrected chi connectivity index (χ1v) is 5.46. The lowest BCUT2D eigenvalue weighted by molar-refractivity contribution is 0.426. The Kier molecular flexibility index (Phi) is 5.71. The predicted octanol–water partition coefficient (Wildman–Crippen LogP) is 1.40. The van der Waals surface area contributed by atoms with Gasteiger partial charge in [0.25, 0.3) is 0 Å².